The molecule has 1 N–H and O–H groups in total. The summed E-state index contributed by atoms with van der Waals surface area (Å²) >= 11 is 4.93. The van der Waals surface area contributed by atoms with Crippen LogP contribution in [-0.4, -0.2) is 24.5 Å². The van der Waals surface area contributed by atoms with Crippen LogP contribution in [0.5, 0.6) is 0 Å². The zero-order valence-corrected chi connectivity index (χ0v) is 10.3. The van der Waals surface area contributed by atoms with Crippen LogP contribution in [0.2, 0.25) is 0 Å². The van der Waals surface area contributed by atoms with E-state index in [9.17, 15) is 4.79 Å². The zero-order valence-electron chi connectivity index (χ0n) is 7.88. The summed E-state index contributed by atoms with van der Waals surface area (Å²) in [6.07, 6.45) is 4.53. The quantitative estimate of drug-likeness (QED) is 0.841. The molecule has 1 amide bonds. The van der Waals surface area contributed by atoms with Crippen molar-refractivity contribution >= 4 is 33.6 Å². The number of nitrogens with one attached hydrogen (secondary N) is 1. The molecule has 0 unspecified atom stereocenters. The van der Waals surface area contributed by atoms with Crippen molar-refractivity contribution in [1.82, 2.24) is 5.32 Å². The summed E-state index contributed by atoms with van der Waals surface area (Å²) in [6.45, 7) is 0.706. The minimum Gasteiger partial charge on any atom is -0.457 e. The summed E-state index contributed by atoms with van der Waals surface area (Å²) in [7, 11) is 0. The first-order valence-electron chi connectivity index (χ1n) is 4.26. The Labute approximate surface area is 95.8 Å². The Kier molecular flexibility index (Phi) is 5.11. The van der Waals surface area contributed by atoms with Gasteiger partial charge in [0, 0.05) is 6.54 Å². The number of hydrogen-bond acceptors (Lipinski definition) is 3. The van der Waals surface area contributed by atoms with Crippen LogP contribution in [-0.2, 0) is 0 Å². The lowest BCUT2D eigenvalue weighted by Gasteiger charge is -2.02. The first-order chi connectivity index (χ1) is 6.75. The summed E-state index contributed by atoms with van der Waals surface area (Å²) < 4.78 is 5.45. The monoisotopic (exact) mass is 277 g/mol. The van der Waals surface area contributed by atoms with E-state index in [0.717, 1.165) is 12.2 Å². The molecule has 0 radical (unpaired) electrons. The van der Waals surface area contributed by atoms with Gasteiger partial charge in [-0.2, -0.15) is 11.8 Å². The second-order valence-corrected chi connectivity index (χ2v) is 4.42. The third-order valence-electron chi connectivity index (χ3n) is 1.67. The molecular formula is C9H12BrNO2S. The average Bonchev–Trinajstić information content (AvgIpc) is 2.59. The maximum Gasteiger partial charge on any atom is 0.255 e. The Balaban J connectivity index is 2.32. The number of carbonyl (C=O) groups excluding carboxylic acids is 1. The summed E-state index contributed by atoms with van der Waals surface area (Å²) in [5.41, 5.74) is 0.550. The van der Waals surface area contributed by atoms with Crippen molar-refractivity contribution in [3.63, 3.8) is 0 Å². The van der Waals surface area contributed by atoms with Gasteiger partial charge in [0.2, 0.25) is 0 Å². The Bertz CT molecular complexity index is 301. The standard InChI is InChI=1S/C9H12BrNO2S/c1-14-6-2-4-11-9(12)7-3-5-13-8(7)10/h3,5H,2,4,6H2,1H3,(H,11,12). The van der Waals surface area contributed by atoms with Gasteiger partial charge < -0.3 is 9.73 Å². The van der Waals surface area contributed by atoms with Gasteiger partial charge >= 0.3 is 0 Å². The molecule has 3 nitrogen and oxygen atoms in total. The molecule has 0 aliphatic rings. The molecule has 1 aromatic heterocycles. The molecule has 5 heteroatoms. The first kappa shape index (κ1) is 11.7. The van der Waals surface area contributed by atoms with Crippen LogP contribution in [0.15, 0.2) is 21.4 Å². The number of halogens is 1. The van der Waals surface area contributed by atoms with Gasteiger partial charge in [-0.3, -0.25) is 4.79 Å². The SMILES string of the molecule is CSCCCNC(=O)c1ccoc1Br. The summed E-state index contributed by atoms with van der Waals surface area (Å²) in [5.74, 6) is 0.971. The van der Waals surface area contributed by atoms with Gasteiger partial charge in [-0.25, -0.2) is 0 Å². The van der Waals surface area contributed by atoms with E-state index in [0.29, 0.717) is 16.8 Å². The van der Waals surface area contributed by atoms with Crippen LogP contribution in [0.4, 0.5) is 0 Å². The molecule has 1 aromatic rings. The van der Waals surface area contributed by atoms with Gasteiger partial charge in [0.25, 0.3) is 5.91 Å². The normalized spacial score (nSPS) is 10.1. The molecule has 0 spiro atoms. The highest BCUT2D eigenvalue weighted by Crippen LogP contribution is 2.16. The Morgan fingerprint density at radius 2 is 2.50 bits per heavy atom. The molecule has 0 saturated carbocycles. The van der Waals surface area contributed by atoms with Crippen molar-refractivity contribution in [2.75, 3.05) is 18.6 Å². The van der Waals surface area contributed by atoms with Crippen molar-refractivity contribution in [1.29, 1.82) is 0 Å². The lowest BCUT2D eigenvalue weighted by molar-refractivity contribution is 0.0952. The van der Waals surface area contributed by atoms with E-state index in [-0.39, 0.29) is 5.91 Å². The molecule has 0 aliphatic heterocycles. The molecule has 0 fully saturated rings. The van der Waals surface area contributed by atoms with Gasteiger partial charge in [0.05, 0.1) is 11.8 Å². The second-order valence-electron chi connectivity index (χ2n) is 2.71. The third-order valence-corrected chi connectivity index (χ3v) is 2.98. The third kappa shape index (κ3) is 3.38. The summed E-state index contributed by atoms with van der Waals surface area (Å²) in [5, 5.41) is 2.82. The summed E-state index contributed by atoms with van der Waals surface area (Å²) in [6, 6.07) is 1.65. The average molecular weight is 278 g/mol. The van der Waals surface area contributed by atoms with E-state index >= 15 is 0 Å². The van der Waals surface area contributed by atoms with Crippen LogP contribution in [0.25, 0.3) is 0 Å². The van der Waals surface area contributed by atoms with Crippen LogP contribution >= 0.6 is 27.7 Å². The van der Waals surface area contributed by atoms with Crippen LogP contribution in [0.3, 0.4) is 0 Å². The zero-order chi connectivity index (χ0) is 10.4. The summed E-state index contributed by atoms with van der Waals surface area (Å²) in [4.78, 5) is 11.5. The number of carbonyl (C=O) groups is 1. The predicted molar refractivity (Wildman–Crippen MR) is 61.7 cm³/mol. The molecule has 1 heterocycles. The van der Waals surface area contributed by atoms with Gasteiger partial charge in [0.15, 0.2) is 4.67 Å². The van der Waals surface area contributed by atoms with Gasteiger partial charge in [-0.05, 0) is 40.4 Å². The van der Waals surface area contributed by atoms with Crippen molar-refractivity contribution in [2.45, 2.75) is 6.42 Å². The van der Waals surface area contributed by atoms with E-state index in [4.69, 9.17) is 4.42 Å². The molecule has 0 saturated heterocycles. The molecule has 0 atom stereocenters. The van der Waals surface area contributed by atoms with E-state index in [1.54, 1.807) is 17.8 Å². The van der Waals surface area contributed by atoms with Gasteiger partial charge in [0.1, 0.15) is 0 Å². The van der Waals surface area contributed by atoms with Crippen LogP contribution in [0, 0.1) is 0 Å². The largest absolute Gasteiger partial charge is 0.457 e. The molecule has 0 aromatic carbocycles. The lowest BCUT2D eigenvalue weighted by Crippen LogP contribution is -2.24. The van der Waals surface area contributed by atoms with E-state index < -0.39 is 0 Å². The number of rotatable bonds is 5. The fraction of sp³-hybridized carbons (Fsp3) is 0.444. The molecule has 1 rings (SSSR count). The number of hydrogen-bond donors (Lipinski definition) is 1. The minimum absolute atomic E-state index is 0.0910. The molecule has 78 valence electrons. The number of thioether (sulfide) groups is 1. The Morgan fingerprint density at radius 3 is 3.07 bits per heavy atom. The predicted octanol–water partition coefficient (Wildman–Crippen LogP) is 2.53. The Hall–Kier alpha value is -0.420. The fourth-order valence-electron chi connectivity index (χ4n) is 0.969. The van der Waals surface area contributed by atoms with E-state index in [2.05, 4.69) is 27.5 Å². The van der Waals surface area contributed by atoms with E-state index in [1.807, 2.05) is 0 Å². The fourth-order valence-corrected chi connectivity index (χ4v) is 1.82. The van der Waals surface area contributed by atoms with Crippen molar-refractivity contribution in [3.8, 4) is 0 Å². The van der Waals surface area contributed by atoms with Crippen LogP contribution in [0.1, 0.15) is 16.8 Å². The van der Waals surface area contributed by atoms with Gasteiger partial charge in [-0.1, -0.05) is 0 Å². The molecular weight excluding hydrogens is 266 g/mol. The highest BCUT2D eigenvalue weighted by Gasteiger charge is 2.11. The van der Waals surface area contributed by atoms with Crippen molar-refractivity contribution < 1.29 is 9.21 Å². The van der Waals surface area contributed by atoms with Gasteiger partial charge in [-0.15, -0.1) is 0 Å². The highest BCUT2D eigenvalue weighted by atomic mass is 79.9. The lowest BCUT2D eigenvalue weighted by atomic mass is 10.3. The number of amides is 1. The topological polar surface area (TPSA) is 42.2 Å². The van der Waals surface area contributed by atoms with E-state index in [1.165, 1.54) is 6.26 Å². The van der Waals surface area contributed by atoms with Crippen LogP contribution < -0.4 is 5.32 Å². The smallest absolute Gasteiger partial charge is 0.255 e. The molecule has 0 aliphatic carbocycles. The highest BCUT2D eigenvalue weighted by molar-refractivity contribution is 9.10. The van der Waals surface area contributed by atoms with Crippen molar-refractivity contribution in [3.05, 3.63) is 22.6 Å². The number of furan rings is 1. The molecule has 0 bridgehead atoms. The second kappa shape index (κ2) is 6.14. The molecule has 14 heavy (non-hydrogen) atoms. The Morgan fingerprint density at radius 1 is 1.71 bits per heavy atom. The van der Waals surface area contributed by atoms with Crippen molar-refractivity contribution in [2.24, 2.45) is 0 Å². The maximum atomic E-state index is 11.5. The first-order valence-corrected chi connectivity index (χ1v) is 6.44. The maximum absolute atomic E-state index is 11.5. The minimum atomic E-state index is -0.0910.